The van der Waals surface area contributed by atoms with Crippen LogP contribution in [0.5, 0.6) is 17.2 Å². The van der Waals surface area contributed by atoms with Gasteiger partial charge in [0.2, 0.25) is 11.8 Å². The first kappa shape index (κ1) is 27.7. The molecule has 3 aromatic carbocycles. The van der Waals surface area contributed by atoms with E-state index >= 15 is 0 Å². The first-order valence-electron chi connectivity index (χ1n) is 11.8. The molecule has 0 saturated carbocycles. The van der Waals surface area contributed by atoms with Crippen molar-refractivity contribution in [1.82, 2.24) is 10.7 Å². The summed E-state index contributed by atoms with van der Waals surface area (Å²) >= 11 is 0. The molecule has 38 heavy (non-hydrogen) atoms. The summed E-state index contributed by atoms with van der Waals surface area (Å²) in [5.74, 6) is 0.547. The van der Waals surface area contributed by atoms with Crippen LogP contribution in [-0.2, 0) is 20.8 Å². The third-order valence-corrected chi connectivity index (χ3v) is 5.22. The minimum Gasteiger partial charge on any atom is -0.493 e. The average molecular weight is 519 g/mol. The summed E-state index contributed by atoms with van der Waals surface area (Å²) in [6.45, 7) is 0.238. The van der Waals surface area contributed by atoms with Crippen molar-refractivity contribution < 1.29 is 28.6 Å². The Hall–Kier alpha value is -4.86. The van der Waals surface area contributed by atoms with Crippen molar-refractivity contribution in [2.24, 2.45) is 5.10 Å². The number of benzene rings is 3. The van der Waals surface area contributed by atoms with E-state index in [1.165, 1.54) is 6.21 Å². The Morgan fingerprint density at radius 3 is 2.29 bits per heavy atom. The molecular formula is C28H30N4O6. The third-order valence-electron chi connectivity index (χ3n) is 5.22. The second kappa shape index (κ2) is 14.6. The molecule has 0 aliphatic heterocycles. The zero-order valence-electron chi connectivity index (χ0n) is 21.2. The average Bonchev–Trinajstić information content (AvgIpc) is 2.93. The highest BCUT2D eigenvalue weighted by Gasteiger charge is 2.09. The van der Waals surface area contributed by atoms with Crippen molar-refractivity contribution >= 4 is 29.6 Å². The summed E-state index contributed by atoms with van der Waals surface area (Å²) in [6.07, 6.45) is 1.67. The van der Waals surface area contributed by atoms with Gasteiger partial charge in [-0.25, -0.2) is 5.43 Å². The van der Waals surface area contributed by atoms with E-state index in [2.05, 4.69) is 21.2 Å². The summed E-state index contributed by atoms with van der Waals surface area (Å²) in [5.41, 5.74) is 4.69. The van der Waals surface area contributed by atoms with Crippen LogP contribution < -0.4 is 30.3 Å². The molecule has 0 fully saturated rings. The van der Waals surface area contributed by atoms with Gasteiger partial charge in [-0.05, 0) is 66.1 Å². The molecule has 0 bridgehead atoms. The van der Waals surface area contributed by atoms with E-state index in [0.717, 1.165) is 5.56 Å². The molecule has 0 radical (unpaired) electrons. The molecule has 0 atom stereocenters. The second-order valence-corrected chi connectivity index (χ2v) is 8.03. The quantitative estimate of drug-likeness (QED) is 0.181. The van der Waals surface area contributed by atoms with Crippen LogP contribution >= 0.6 is 0 Å². The molecule has 3 aromatic rings. The number of carbonyl (C=O) groups is 3. The number of amides is 3. The topological polar surface area (TPSA) is 127 Å². The van der Waals surface area contributed by atoms with E-state index < -0.39 is 11.8 Å². The Morgan fingerprint density at radius 2 is 1.58 bits per heavy atom. The van der Waals surface area contributed by atoms with Gasteiger partial charge in [0.05, 0.1) is 20.4 Å². The van der Waals surface area contributed by atoms with Crippen molar-refractivity contribution in [2.45, 2.75) is 12.8 Å². The summed E-state index contributed by atoms with van der Waals surface area (Å²) in [4.78, 5) is 36.0. The van der Waals surface area contributed by atoms with Gasteiger partial charge in [0.25, 0.3) is 5.91 Å². The summed E-state index contributed by atoms with van der Waals surface area (Å²) in [5, 5.41) is 9.32. The van der Waals surface area contributed by atoms with E-state index in [4.69, 9.17) is 14.2 Å². The van der Waals surface area contributed by atoms with Crippen LogP contribution in [0.25, 0.3) is 0 Å². The van der Waals surface area contributed by atoms with Crippen LogP contribution in [0.1, 0.15) is 17.5 Å². The lowest BCUT2D eigenvalue weighted by molar-refractivity contribution is -0.129. The molecule has 0 aliphatic carbocycles. The van der Waals surface area contributed by atoms with Gasteiger partial charge >= 0.3 is 0 Å². The predicted octanol–water partition coefficient (Wildman–Crippen LogP) is 2.92. The van der Waals surface area contributed by atoms with E-state index in [9.17, 15) is 14.4 Å². The number of rotatable bonds is 13. The molecule has 10 nitrogen and oxygen atoms in total. The molecule has 3 N–H and O–H groups in total. The molecule has 0 aromatic heterocycles. The Morgan fingerprint density at radius 1 is 0.842 bits per heavy atom. The van der Waals surface area contributed by atoms with Gasteiger partial charge in [0.15, 0.2) is 18.1 Å². The van der Waals surface area contributed by atoms with Gasteiger partial charge < -0.3 is 24.8 Å². The van der Waals surface area contributed by atoms with Crippen molar-refractivity contribution in [3.8, 4) is 17.2 Å². The van der Waals surface area contributed by atoms with Gasteiger partial charge in [-0.2, -0.15) is 5.10 Å². The number of methoxy groups -OCH3 is 2. The predicted molar refractivity (Wildman–Crippen MR) is 144 cm³/mol. The standard InChI is InChI=1S/C28H30N4O6/c1-36-24-13-10-20(16-25(24)37-2)14-15-29-26(33)17-27(34)32-30-18-21-8-11-23(12-9-21)38-19-28(35)31-22-6-4-3-5-7-22/h3-13,16,18H,14-15,17,19H2,1-2H3,(H,29,33)(H,31,35)(H,32,34)/b30-18+. The third kappa shape index (κ3) is 9.30. The Balaban J connectivity index is 1.33. The fourth-order valence-electron chi connectivity index (χ4n) is 3.33. The molecule has 0 unspecified atom stereocenters. The number of hydrogen-bond donors (Lipinski definition) is 3. The maximum absolute atomic E-state index is 12.0. The monoisotopic (exact) mass is 518 g/mol. The highest BCUT2D eigenvalue weighted by Crippen LogP contribution is 2.27. The maximum atomic E-state index is 12.0. The molecule has 3 amide bonds. The van der Waals surface area contributed by atoms with Crippen molar-refractivity contribution in [1.29, 1.82) is 0 Å². The first-order valence-corrected chi connectivity index (χ1v) is 11.8. The molecule has 0 spiro atoms. The first-order chi connectivity index (χ1) is 18.5. The number of hydrazone groups is 1. The summed E-state index contributed by atoms with van der Waals surface area (Å²) in [7, 11) is 3.13. The number of ether oxygens (including phenoxy) is 3. The molecule has 0 heterocycles. The lowest BCUT2D eigenvalue weighted by Crippen LogP contribution is -2.31. The molecular weight excluding hydrogens is 488 g/mol. The minimum absolute atomic E-state index is 0.130. The minimum atomic E-state index is -0.533. The van der Waals surface area contributed by atoms with Gasteiger partial charge in [0.1, 0.15) is 12.2 Å². The van der Waals surface area contributed by atoms with Gasteiger partial charge in [-0.1, -0.05) is 24.3 Å². The lowest BCUT2D eigenvalue weighted by Gasteiger charge is -2.10. The highest BCUT2D eigenvalue weighted by atomic mass is 16.5. The normalized spacial score (nSPS) is 10.5. The number of nitrogens with zero attached hydrogens (tertiary/aromatic N) is 1. The van der Waals surface area contributed by atoms with E-state index in [0.29, 0.717) is 41.5 Å². The van der Waals surface area contributed by atoms with Gasteiger partial charge in [-0.15, -0.1) is 0 Å². The van der Waals surface area contributed by atoms with Crippen LogP contribution in [0, 0.1) is 0 Å². The van der Waals surface area contributed by atoms with E-state index in [-0.39, 0.29) is 18.9 Å². The SMILES string of the molecule is COc1ccc(CCNC(=O)CC(=O)N/N=C/c2ccc(OCC(=O)Nc3ccccc3)cc2)cc1OC. The number of para-hydroxylation sites is 1. The van der Waals surface area contributed by atoms with Crippen LogP contribution in [0.3, 0.4) is 0 Å². The van der Waals surface area contributed by atoms with Crippen LogP contribution in [0.2, 0.25) is 0 Å². The lowest BCUT2D eigenvalue weighted by atomic mass is 10.1. The molecule has 0 aliphatic rings. The zero-order chi connectivity index (χ0) is 27.2. The molecule has 10 heteroatoms. The smallest absolute Gasteiger partial charge is 0.262 e. The van der Waals surface area contributed by atoms with E-state index in [1.54, 1.807) is 56.7 Å². The Labute approximate surface area is 221 Å². The molecule has 0 saturated heterocycles. The highest BCUT2D eigenvalue weighted by molar-refractivity contribution is 5.97. The van der Waals surface area contributed by atoms with E-state index in [1.807, 2.05) is 30.3 Å². The van der Waals surface area contributed by atoms with Crippen LogP contribution in [0.15, 0.2) is 77.9 Å². The second-order valence-electron chi connectivity index (χ2n) is 8.03. The molecule has 198 valence electrons. The zero-order valence-corrected chi connectivity index (χ0v) is 21.2. The Kier molecular flexibility index (Phi) is 10.7. The summed E-state index contributed by atoms with van der Waals surface area (Å²) < 4.78 is 16.0. The van der Waals surface area contributed by atoms with Crippen molar-refractivity contribution in [2.75, 3.05) is 32.7 Å². The largest absolute Gasteiger partial charge is 0.493 e. The number of hydrogen-bond acceptors (Lipinski definition) is 7. The molecule has 3 rings (SSSR count). The van der Waals surface area contributed by atoms with Crippen molar-refractivity contribution in [3.63, 3.8) is 0 Å². The maximum Gasteiger partial charge on any atom is 0.262 e. The van der Waals surface area contributed by atoms with Crippen LogP contribution in [-0.4, -0.2) is 51.3 Å². The van der Waals surface area contributed by atoms with Gasteiger partial charge in [-0.3, -0.25) is 14.4 Å². The summed E-state index contributed by atoms with van der Waals surface area (Å²) in [6, 6.07) is 21.5. The van der Waals surface area contributed by atoms with Gasteiger partial charge in [0, 0.05) is 12.2 Å². The fraction of sp³-hybridized carbons (Fsp3) is 0.214. The van der Waals surface area contributed by atoms with Crippen LogP contribution in [0.4, 0.5) is 5.69 Å². The fourth-order valence-corrected chi connectivity index (χ4v) is 3.33. The number of anilines is 1. The van der Waals surface area contributed by atoms with Crippen molar-refractivity contribution in [3.05, 3.63) is 83.9 Å². The Bertz CT molecular complexity index is 1250. The number of carbonyl (C=O) groups excluding carboxylic acids is 3. The number of nitrogens with one attached hydrogen (secondary N) is 3.